The summed E-state index contributed by atoms with van der Waals surface area (Å²) in [6.45, 7) is 1.92. The van der Waals surface area contributed by atoms with E-state index in [9.17, 15) is 4.79 Å². The number of thioether (sulfide) groups is 1. The van der Waals surface area contributed by atoms with Gasteiger partial charge < -0.3 is 4.57 Å². The molecule has 0 aliphatic rings. The predicted octanol–water partition coefficient (Wildman–Crippen LogP) is 3.26. The van der Waals surface area contributed by atoms with Crippen LogP contribution in [-0.2, 0) is 11.8 Å². The van der Waals surface area contributed by atoms with Gasteiger partial charge in [0.2, 0.25) is 5.91 Å². The number of nitrogens with zero attached hydrogens (tertiary/aromatic N) is 3. The van der Waals surface area contributed by atoms with Gasteiger partial charge in [-0.1, -0.05) is 78.5 Å². The molecule has 2 aromatic carbocycles. The molecule has 0 aliphatic heterocycles. The lowest BCUT2D eigenvalue weighted by Crippen LogP contribution is -2.37. The fraction of sp³-hybridized carbons (Fsp3) is 0.150. The highest BCUT2D eigenvalue weighted by Gasteiger charge is 2.12. The number of allylic oxidation sites excluding steroid dienone is 1. The molecule has 27 heavy (non-hydrogen) atoms. The van der Waals surface area contributed by atoms with E-state index < -0.39 is 0 Å². The van der Waals surface area contributed by atoms with E-state index in [1.165, 1.54) is 11.8 Å². The molecule has 7 heteroatoms. The third kappa shape index (κ3) is 4.77. The average molecular weight is 379 g/mol. The highest BCUT2D eigenvalue weighted by molar-refractivity contribution is 7.99. The molecule has 0 atom stereocenters. The summed E-state index contributed by atoms with van der Waals surface area (Å²) >= 11 is 1.34. The van der Waals surface area contributed by atoms with Crippen molar-refractivity contribution in [2.45, 2.75) is 12.1 Å². The maximum absolute atomic E-state index is 12.2. The Balaban J connectivity index is 1.55. The Morgan fingerprint density at radius 3 is 2.37 bits per heavy atom. The van der Waals surface area contributed by atoms with Gasteiger partial charge in [-0.25, -0.2) is 0 Å². The first kappa shape index (κ1) is 18.7. The predicted molar refractivity (Wildman–Crippen MR) is 109 cm³/mol. The summed E-state index contributed by atoms with van der Waals surface area (Å²) in [5.41, 5.74) is 8.54. The van der Waals surface area contributed by atoms with Crippen LogP contribution >= 0.6 is 11.8 Å². The third-order valence-corrected chi connectivity index (χ3v) is 4.93. The second kappa shape index (κ2) is 9.05. The molecule has 0 bridgehead atoms. The normalized spacial score (nSPS) is 11.3. The van der Waals surface area contributed by atoms with Crippen molar-refractivity contribution in [2.75, 3.05) is 5.75 Å². The van der Waals surface area contributed by atoms with Crippen molar-refractivity contribution in [3.63, 3.8) is 0 Å². The van der Waals surface area contributed by atoms with Gasteiger partial charge in [-0.15, -0.1) is 10.2 Å². The minimum absolute atomic E-state index is 0.139. The fourth-order valence-electron chi connectivity index (χ4n) is 2.51. The number of benzene rings is 2. The van der Waals surface area contributed by atoms with Gasteiger partial charge in [0.05, 0.1) is 11.4 Å². The highest BCUT2D eigenvalue weighted by Crippen LogP contribution is 2.22. The summed E-state index contributed by atoms with van der Waals surface area (Å²) in [4.78, 5) is 12.2. The van der Waals surface area contributed by atoms with E-state index in [1.54, 1.807) is 0 Å². The van der Waals surface area contributed by atoms with Crippen LogP contribution in [0.15, 0.2) is 71.9 Å². The lowest BCUT2D eigenvalue weighted by Gasteiger charge is -2.12. The number of carbonyl (C=O) groups excluding carboxylic acids is 1. The summed E-state index contributed by atoms with van der Waals surface area (Å²) in [7, 11) is 1.90. The Hall–Kier alpha value is -3.06. The summed E-state index contributed by atoms with van der Waals surface area (Å²) < 4.78 is 1.89. The maximum Gasteiger partial charge on any atom is 0.248 e. The van der Waals surface area contributed by atoms with Crippen LogP contribution in [0, 0.1) is 0 Å². The lowest BCUT2D eigenvalue weighted by atomic mass is 10.1. The number of nitrogens with one attached hydrogen (secondary N) is 2. The van der Waals surface area contributed by atoms with Crippen molar-refractivity contribution in [1.29, 1.82) is 0 Å². The third-order valence-electron chi connectivity index (χ3n) is 3.91. The smallest absolute Gasteiger partial charge is 0.248 e. The van der Waals surface area contributed by atoms with Gasteiger partial charge in [0, 0.05) is 12.6 Å². The molecule has 0 saturated heterocycles. The Morgan fingerprint density at radius 2 is 1.70 bits per heavy atom. The van der Waals surface area contributed by atoms with Crippen LogP contribution in [0.4, 0.5) is 0 Å². The maximum atomic E-state index is 12.2. The molecule has 0 unspecified atom stereocenters. The number of hydrazine groups is 1. The van der Waals surface area contributed by atoms with E-state index >= 15 is 0 Å². The van der Waals surface area contributed by atoms with Crippen LogP contribution in [0.3, 0.4) is 0 Å². The molecule has 1 heterocycles. The van der Waals surface area contributed by atoms with E-state index in [2.05, 4.69) is 21.0 Å². The summed E-state index contributed by atoms with van der Waals surface area (Å²) in [5.74, 6) is 0.871. The second-order valence-electron chi connectivity index (χ2n) is 5.76. The molecule has 0 radical (unpaired) electrons. The van der Waals surface area contributed by atoms with Crippen LogP contribution in [-0.4, -0.2) is 26.4 Å². The number of hydrogen-bond acceptors (Lipinski definition) is 5. The zero-order chi connectivity index (χ0) is 19.1. The zero-order valence-electron chi connectivity index (χ0n) is 15.2. The first-order valence-electron chi connectivity index (χ1n) is 8.53. The molecular weight excluding hydrogens is 358 g/mol. The van der Waals surface area contributed by atoms with Crippen LogP contribution in [0.2, 0.25) is 0 Å². The van der Waals surface area contributed by atoms with Crippen LogP contribution in [0.25, 0.3) is 17.1 Å². The number of aromatic nitrogens is 3. The average Bonchev–Trinajstić information content (AvgIpc) is 3.09. The van der Waals surface area contributed by atoms with Crippen molar-refractivity contribution in [1.82, 2.24) is 25.6 Å². The standard InChI is InChI=1S/C20H21N5OS/c1-3-17(15-10-6-4-7-11-15)21-22-18(26)14-27-20-24-23-19(25(20)2)16-12-8-5-9-13-16/h3-13,21H,14H2,1-2H3,(H,22,26)/b17-3+. The van der Waals surface area contributed by atoms with Crippen LogP contribution < -0.4 is 10.9 Å². The van der Waals surface area contributed by atoms with Crippen molar-refractivity contribution in [3.05, 3.63) is 72.3 Å². The molecule has 1 amide bonds. The fourth-order valence-corrected chi connectivity index (χ4v) is 3.22. The Kier molecular flexibility index (Phi) is 6.27. The Morgan fingerprint density at radius 1 is 1.04 bits per heavy atom. The first-order chi connectivity index (χ1) is 13.2. The van der Waals surface area contributed by atoms with Gasteiger partial charge in [-0.05, 0) is 12.5 Å². The molecule has 0 aliphatic carbocycles. The molecule has 3 rings (SSSR count). The highest BCUT2D eigenvalue weighted by atomic mass is 32.2. The van der Waals surface area contributed by atoms with Crippen molar-refractivity contribution >= 4 is 23.4 Å². The van der Waals surface area contributed by atoms with Crippen molar-refractivity contribution in [2.24, 2.45) is 7.05 Å². The largest absolute Gasteiger partial charge is 0.305 e. The number of hydrogen-bond donors (Lipinski definition) is 2. The van der Waals surface area contributed by atoms with Gasteiger partial charge >= 0.3 is 0 Å². The van der Waals surface area contributed by atoms with Crippen LogP contribution in [0.1, 0.15) is 12.5 Å². The molecule has 0 spiro atoms. The molecule has 3 aromatic rings. The topological polar surface area (TPSA) is 71.8 Å². The molecule has 1 aromatic heterocycles. The van der Waals surface area contributed by atoms with E-state index in [0.29, 0.717) is 5.16 Å². The van der Waals surface area contributed by atoms with E-state index in [-0.39, 0.29) is 11.7 Å². The Labute approximate surface area is 162 Å². The van der Waals surface area contributed by atoms with Gasteiger partial charge in [0.1, 0.15) is 0 Å². The van der Waals surface area contributed by atoms with Gasteiger partial charge in [0.15, 0.2) is 11.0 Å². The van der Waals surface area contributed by atoms with E-state index in [0.717, 1.165) is 22.6 Å². The van der Waals surface area contributed by atoms with Crippen molar-refractivity contribution in [3.8, 4) is 11.4 Å². The molecule has 0 saturated carbocycles. The van der Waals surface area contributed by atoms with Gasteiger partial charge in [-0.3, -0.25) is 15.6 Å². The summed E-state index contributed by atoms with van der Waals surface area (Å²) in [6.07, 6.45) is 1.91. The minimum atomic E-state index is -0.139. The summed E-state index contributed by atoms with van der Waals surface area (Å²) in [6, 6.07) is 19.7. The molecule has 2 N–H and O–H groups in total. The Bertz CT molecular complexity index is 922. The number of amides is 1. The molecule has 0 fully saturated rings. The van der Waals surface area contributed by atoms with E-state index in [4.69, 9.17) is 0 Å². The lowest BCUT2D eigenvalue weighted by molar-refractivity contribution is -0.119. The zero-order valence-corrected chi connectivity index (χ0v) is 16.0. The van der Waals surface area contributed by atoms with E-state index in [1.807, 2.05) is 85.3 Å². The monoisotopic (exact) mass is 379 g/mol. The summed E-state index contributed by atoms with van der Waals surface area (Å²) in [5, 5.41) is 9.11. The van der Waals surface area contributed by atoms with Gasteiger partial charge in [0.25, 0.3) is 0 Å². The quantitative estimate of drug-likeness (QED) is 0.487. The molecule has 138 valence electrons. The number of rotatable bonds is 7. The van der Waals surface area contributed by atoms with Gasteiger partial charge in [-0.2, -0.15) is 0 Å². The minimum Gasteiger partial charge on any atom is -0.305 e. The van der Waals surface area contributed by atoms with Crippen LogP contribution in [0.5, 0.6) is 0 Å². The number of carbonyl (C=O) groups is 1. The first-order valence-corrected chi connectivity index (χ1v) is 9.52. The second-order valence-corrected chi connectivity index (χ2v) is 6.70. The van der Waals surface area contributed by atoms with Crippen molar-refractivity contribution < 1.29 is 4.79 Å². The molecular formula is C20H21N5OS. The SMILES string of the molecule is C/C=C(/NNC(=O)CSc1nnc(-c2ccccc2)n1C)c1ccccc1. The molecule has 6 nitrogen and oxygen atoms in total.